The van der Waals surface area contributed by atoms with Crippen LogP contribution in [0, 0.1) is 13.8 Å². The normalized spacial score (nSPS) is 15.7. The molecule has 1 aromatic heterocycles. The number of hydrogen-bond acceptors (Lipinski definition) is 3. The van der Waals surface area contributed by atoms with Crippen molar-refractivity contribution in [3.8, 4) is 0 Å². The minimum absolute atomic E-state index is 0.0779. The number of rotatable bonds is 2. The van der Waals surface area contributed by atoms with Gasteiger partial charge in [0.15, 0.2) is 0 Å². The Hall–Kier alpha value is -2.36. The molecule has 0 aliphatic carbocycles. The molecule has 21 heavy (non-hydrogen) atoms. The van der Waals surface area contributed by atoms with Crippen LogP contribution < -0.4 is 5.32 Å². The number of fused-ring (bicyclic) bond motifs is 1. The highest BCUT2D eigenvalue weighted by Crippen LogP contribution is 2.35. The molecule has 0 fully saturated rings. The van der Waals surface area contributed by atoms with Gasteiger partial charge in [0.2, 0.25) is 0 Å². The lowest BCUT2D eigenvalue weighted by molar-refractivity contribution is -0.110. The second kappa shape index (κ2) is 4.88. The maximum Gasteiger partial charge on any atom is 0.256 e. The fourth-order valence-corrected chi connectivity index (χ4v) is 2.55. The lowest BCUT2D eigenvalue weighted by Crippen LogP contribution is -2.03. The summed E-state index contributed by atoms with van der Waals surface area (Å²) in [5, 5.41) is 6.84. The Bertz CT molecular complexity index is 735. The van der Waals surface area contributed by atoms with Crippen molar-refractivity contribution < 1.29 is 9.32 Å². The Morgan fingerprint density at radius 1 is 1.29 bits per heavy atom. The predicted molar refractivity (Wildman–Crippen MR) is 83.0 cm³/mol. The van der Waals surface area contributed by atoms with E-state index in [9.17, 15) is 4.79 Å². The van der Waals surface area contributed by atoms with Gasteiger partial charge in [0, 0.05) is 22.4 Å². The van der Waals surface area contributed by atoms with Crippen molar-refractivity contribution in [3.63, 3.8) is 0 Å². The Balaban J connectivity index is 2.14. The molecule has 2 heterocycles. The van der Waals surface area contributed by atoms with E-state index in [4.69, 9.17) is 4.52 Å². The van der Waals surface area contributed by atoms with Crippen LogP contribution in [0.2, 0.25) is 0 Å². The number of carbonyl (C=O) groups is 1. The second-order valence-corrected chi connectivity index (χ2v) is 5.71. The van der Waals surface area contributed by atoms with Gasteiger partial charge in [-0.05, 0) is 43.5 Å². The van der Waals surface area contributed by atoms with E-state index in [0.29, 0.717) is 11.5 Å². The standard InChI is InChI=1S/C17H18N2O2/c1-9(2)12-5-6-16-14(7-12)15(17(20)18-16)8-13-10(3)19-21-11(13)4/h5-9H,1-4H3,(H,18,20)/b15-8-. The molecule has 0 unspecified atom stereocenters. The van der Waals surface area contributed by atoms with Crippen LogP contribution in [-0.2, 0) is 4.79 Å². The van der Waals surface area contributed by atoms with Gasteiger partial charge in [-0.1, -0.05) is 25.1 Å². The highest BCUT2D eigenvalue weighted by molar-refractivity contribution is 6.35. The van der Waals surface area contributed by atoms with Crippen molar-refractivity contribution in [2.24, 2.45) is 0 Å². The molecule has 1 aliphatic rings. The van der Waals surface area contributed by atoms with Crippen LogP contribution in [0.4, 0.5) is 5.69 Å². The first-order valence-electron chi connectivity index (χ1n) is 7.07. The van der Waals surface area contributed by atoms with Crippen LogP contribution >= 0.6 is 0 Å². The molecule has 1 aromatic carbocycles. The lowest BCUT2D eigenvalue weighted by atomic mass is 9.96. The van der Waals surface area contributed by atoms with Gasteiger partial charge in [0.1, 0.15) is 5.76 Å². The van der Waals surface area contributed by atoms with Gasteiger partial charge in [-0.3, -0.25) is 4.79 Å². The van der Waals surface area contributed by atoms with Crippen LogP contribution in [0.15, 0.2) is 22.7 Å². The molecule has 1 aliphatic heterocycles. The monoisotopic (exact) mass is 282 g/mol. The van der Waals surface area contributed by atoms with E-state index in [1.54, 1.807) is 0 Å². The quantitative estimate of drug-likeness (QED) is 0.850. The minimum atomic E-state index is -0.0779. The molecule has 4 nitrogen and oxygen atoms in total. The van der Waals surface area contributed by atoms with Crippen molar-refractivity contribution in [2.75, 3.05) is 5.32 Å². The largest absolute Gasteiger partial charge is 0.361 e. The molecule has 3 rings (SSSR count). The SMILES string of the molecule is Cc1noc(C)c1/C=C1\C(=O)Nc2ccc(C(C)C)cc21. The van der Waals surface area contributed by atoms with E-state index in [0.717, 1.165) is 28.3 Å². The van der Waals surface area contributed by atoms with Crippen LogP contribution in [0.1, 0.15) is 47.9 Å². The predicted octanol–water partition coefficient (Wildman–Crippen LogP) is 3.91. The molecular weight excluding hydrogens is 264 g/mol. The van der Waals surface area contributed by atoms with Crippen LogP contribution in [0.3, 0.4) is 0 Å². The summed E-state index contributed by atoms with van der Waals surface area (Å²) in [5.74, 6) is 1.07. The number of aryl methyl sites for hydroxylation is 2. The lowest BCUT2D eigenvalue weighted by Gasteiger charge is -2.07. The van der Waals surface area contributed by atoms with Gasteiger partial charge < -0.3 is 9.84 Å². The first-order chi connectivity index (χ1) is 9.97. The maximum absolute atomic E-state index is 12.2. The topological polar surface area (TPSA) is 55.1 Å². The summed E-state index contributed by atoms with van der Waals surface area (Å²) in [7, 11) is 0. The maximum atomic E-state index is 12.2. The first kappa shape index (κ1) is 13.6. The summed E-state index contributed by atoms with van der Waals surface area (Å²) >= 11 is 0. The van der Waals surface area contributed by atoms with E-state index in [1.807, 2.05) is 26.0 Å². The van der Waals surface area contributed by atoms with Crippen molar-refractivity contribution in [2.45, 2.75) is 33.6 Å². The van der Waals surface area contributed by atoms with Crippen LogP contribution in [0.5, 0.6) is 0 Å². The highest BCUT2D eigenvalue weighted by Gasteiger charge is 2.25. The van der Waals surface area contributed by atoms with E-state index in [-0.39, 0.29) is 5.91 Å². The molecule has 0 spiro atoms. The van der Waals surface area contributed by atoms with E-state index >= 15 is 0 Å². The average molecular weight is 282 g/mol. The van der Waals surface area contributed by atoms with Crippen LogP contribution in [0.25, 0.3) is 11.6 Å². The number of benzene rings is 1. The van der Waals surface area contributed by atoms with Gasteiger partial charge in [-0.15, -0.1) is 0 Å². The molecule has 0 radical (unpaired) electrons. The number of hydrogen-bond donors (Lipinski definition) is 1. The number of nitrogens with zero attached hydrogens (tertiary/aromatic N) is 1. The van der Waals surface area contributed by atoms with Gasteiger partial charge in [-0.25, -0.2) is 0 Å². The van der Waals surface area contributed by atoms with Crippen molar-refractivity contribution in [1.82, 2.24) is 5.16 Å². The first-order valence-corrected chi connectivity index (χ1v) is 7.07. The average Bonchev–Trinajstić information content (AvgIpc) is 2.92. The Labute approximate surface area is 123 Å². The third-order valence-electron chi connectivity index (χ3n) is 3.87. The highest BCUT2D eigenvalue weighted by atomic mass is 16.5. The second-order valence-electron chi connectivity index (χ2n) is 5.71. The van der Waals surface area contributed by atoms with Crippen LogP contribution in [-0.4, -0.2) is 11.1 Å². The molecule has 0 bridgehead atoms. The molecule has 0 saturated carbocycles. The summed E-state index contributed by atoms with van der Waals surface area (Å²) < 4.78 is 5.16. The zero-order valence-electron chi connectivity index (χ0n) is 12.7. The molecule has 4 heteroatoms. The Morgan fingerprint density at radius 3 is 2.67 bits per heavy atom. The van der Waals surface area contributed by atoms with Gasteiger partial charge in [0.25, 0.3) is 5.91 Å². The third-order valence-corrected chi connectivity index (χ3v) is 3.87. The number of amides is 1. The smallest absolute Gasteiger partial charge is 0.256 e. The molecular formula is C17H18N2O2. The van der Waals surface area contributed by atoms with Crippen molar-refractivity contribution in [3.05, 3.63) is 46.3 Å². The number of nitrogens with one attached hydrogen (secondary N) is 1. The summed E-state index contributed by atoms with van der Waals surface area (Å²) in [6, 6.07) is 6.11. The molecule has 0 atom stereocenters. The molecule has 1 amide bonds. The van der Waals surface area contributed by atoms with E-state index in [2.05, 4.69) is 36.5 Å². The summed E-state index contributed by atoms with van der Waals surface area (Å²) in [6.45, 7) is 8.01. The molecule has 0 saturated heterocycles. The van der Waals surface area contributed by atoms with E-state index in [1.165, 1.54) is 5.56 Å². The van der Waals surface area contributed by atoms with Gasteiger partial charge in [-0.2, -0.15) is 0 Å². The fourth-order valence-electron chi connectivity index (χ4n) is 2.55. The Morgan fingerprint density at radius 2 is 2.05 bits per heavy atom. The van der Waals surface area contributed by atoms with E-state index < -0.39 is 0 Å². The zero-order chi connectivity index (χ0) is 15.1. The number of carbonyl (C=O) groups excluding carboxylic acids is 1. The summed E-state index contributed by atoms with van der Waals surface area (Å²) in [5.41, 5.74) is 5.37. The van der Waals surface area contributed by atoms with Gasteiger partial charge >= 0.3 is 0 Å². The van der Waals surface area contributed by atoms with Crippen molar-refractivity contribution >= 4 is 23.2 Å². The molecule has 108 valence electrons. The number of aromatic nitrogens is 1. The molecule has 2 aromatic rings. The third kappa shape index (κ3) is 2.27. The minimum Gasteiger partial charge on any atom is -0.361 e. The zero-order valence-corrected chi connectivity index (χ0v) is 12.7. The fraction of sp³-hybridized carbons (Fsp3) is 0.294. The Kier molecular flexibility index (Phi) is 3.16. The number of anilines is 1. The van der Waals surface area contributed by atoms with Crippen molar-refractivity contribution in [1.29, 1.82) is 0 Å². The summed E-state index contributed by atoms with van der Waals surface area (Å²) in [6.07, 6.45) is 1.87. The summed E-state index contributed by atoms with van der Waals surface area (Å²) in [4.78, 5) is 12.2. The van der Waals surface area contributed by atoms with Gasteiger partial charge in [0.05, 0.1) is 5.69 Å². The molecule has 1 N–H and O–H groups in total.